The van der Waals surface area contributed by atoms with Crippen LogP contribution in [0.25, 0.3) is 0 Å². The number of nitrogens with one attached hydrogen (secondary N) is 2. The van der Waals surface area contributed by atoms with Crippen LogP contribution in [-0.4, -0.2) is 47.1 Å². The van der Waals surface area contributed by atoms with Crippen molar-refractivity contribution in [3.8, 4) is 0 Å². The molecule has 2 N–H and O–H groups in total. The van der Waals surface area contributed by atoms with Crippen molar-refractivity contribution < 1.29 is 4.79 Å². The fourth-order valence-corrected chi connectivity index (χ4v) is 1.49. The number of hydrogen-bond acceptors (Lipinski definition) is 4. The predicted octanol–water partition coefficient (Wildman–Crippen LogP) is 1.25. The number of likely N-dealkylation sites (N-methyl/N-ethyl adjacent to an activating group) is 1. The Balaban J connectivity index is 2.27. The lowest BCUT2D eigenvalue weighted by Crippen LogP contribution is -2.37. The Hall–Kier alpha value is -1.69. The Morgan fingerprint density at radius 2 is 2.00 bits per heavy atom. The van der Waals surface area contributed by atoms with Crippen LogP contribution < -0.4 is 10.6 Å². The van der Waals surface area contributed by atoms with Gasteiger partial charge in [0.25, 0.3) is 0 Å². The molecule has 2 amide bonds. The first-order chi connectivity index (χ1) is 8.65. The Labute approximate surface area is 108 Å². The molecule has 0 radical (unpaired) electrons. The second-order valence-corrected chi connectivity index (χ2v) is 3.95. The Kier molecular flexibility index (Phi) is 6.07. The fourth-order valence-electron chi connectivity index (χ4n) is 1.49. The number of nitrogens with zero attached hydrogens (tertiary/aromatic N) is 3. The molecule has 0 saturated heterocycles. The standard InChI is InChI=1S/C12H21N5O/c1-4-17(5-2)7-6-13-12(18)16-11-9-14-10(3)8-15-11/h8-9H,4-7H2,1-3H3,(H2,13,15,16,18). The highest BCUT2D eigenvalue weighted by Gasteiger charge is 2.03. The smallest absolute Gasteiger partial charge is 0.320 e. The molecule has 1 rings (SSSR count). The van der Waals surface area contributed by atoms with Gasteiger partial charge in [-0.2, -0.15) is 0 Å². The summed E-state index contributed by atoms with van der Waals surface area (Å²) in [6.07, 6.45) is 3.16. The van der Waals surface area contributed by atoms with Gasteiger partial charge in [0, 0.05) is 13.1 Å². The fraction of sp³-hybridized carbons (Fsp3) is 0.583. The summed E-state index contributed by atoms with van der Waals surface area (Å²) >= 11 is 0. The maximum absolute atomic E-state index is 11.5. The SMILES string of the molecule is CCN(CC)CCNC(=O)Nc1cnc(C)cn1. The highest BCUT2D eigenvalue weighted by atomic mass is 16.2. The first-order valence-electron chi connectivity index (χ1n) is 6.21. The van der Waals surface area contributed by atoms with E-state index in [2.05, 4.69) is 39.3 Å². The highest BCUT2D eigenvalue weighted by molar-refractivity contribution is 5.87. The number of anilines is 1. The molecule has 0 fully saturated rings. The van der Waals surface area contributed by atoms with E-state index in [4.69, 9.17) is 0 Å². The third-order valence-corrected chi connectivity index (χ3v) is 2.63. The normalized spacial score (nSPS) is 10.4. The van der Waals surface area contributed by atoms with E-state index in [9.17, 15) is 4.79 Å². The summed E-state index contributed by atoms with van der Waals surface area (Å²) in [6.45, 7) is 9.50. The van der Waals surface area contributed by atoms with Crippen LogP contribution in [0.3, 0.4) is 0 Å². The summed E-state index contributed by atoms with van der Waals surface area (Å²) in [5, 5.41) is 5.42. The lowest BCUT2D eigenvalue weighted by atomic mass is 10.4. The van der Waals surface area contributed by atoms with E-state index < -0.39 is 0 Å². The number of amides is 2. The van der Waals surface area contributed by atoms with Gasteiger partial charge in [0.15, 0.2) is 5.82 Å². The van der Waals surface area contributed by atoms with Crippen molar-refractivity contribution in [1.82, 2.24) is 20.2 Å². The molecule has 1 aromatic heterocycles. The molecule has 6 nitrogen and oxygen atoms in total. The molecule has 0 aliphatic rings. The van der Waals surface area contributed by atoms with Crippen LogP contribution in [-0.2, 0) is 0 Å². The summed E-state index contributed by atoms with van der Waals surface area (Å²) in [5.41, 5.74) is 0.822. The van der Waals surface area contributed by atoms with Crippen LogP contribution >= 0.6 is 0 Å². The van der Waals surface area contributed by atoms with E-state index in [1.54, 1.807) is 12.4 Å². The van der Waals surface area contributed by atoms with Crippen molar-refractivity contribution in [2.45, 2.75) is 20.8 Å². The topological polar surface area (TPSA) is 70.2 Å². The molecule has 0 aliphatic heterocycles. The summed E-state index contributed by atoms with van der Waals surface area (Å²) in [4.78, 5) is 21.9. The van der Waals surface area contributed by atoms with Gasteiger partial charge in [-0.25, -0.2) is 9.78 Å². The second-order valence-electron chi connectivity index (χ2n) is 3.95. The molecular weight excluding hydrogens is 230 g/mol. The van der Waals surface area contributed by atoms with Crippen LogP contribution in [0.2, 0.25) is 0 Å². The summed E-state index contributed by atoms with van der Waals surface area (Å²) in [7, 11) is 0. The van der Waals surface area contributed by atoms with Gasteiger partial charge in [-0.05, 0) is 20.0 Å². The van der Waals surface area contributed by atoms with E-state index >= 15 is 0 Å². The largest absolute Gasteiger partial charge is 0.337 e. The van der Waals surface area contributed by atoms with Crippen LogP contribution in [0.4, 0.5) is 10.6 Å². The summed E-state index contributed by atoms with van der Waals surface area (Å²) in [6, 6.07) is -0.250. The molecular formula is C12H21N5O. The molecule has 0 bridgehead atoms. The predicted molar refractivity (Wildman–Crippen MR) is 71.6 cm³/mol. The zero-order chi connectivity index (χ0) is 13.4. The lowest BCUT2D eigenvalue weighted by Gasteiger charge is -2.17. The van der Waals surface area contributed by atoms with Crippen molar-refractivity contribution in [3.63, 3.8) is 0 Å². The number of rotatable bonds is 6. The molecule has 0 aliphatic carbocycles. The minimum Gasteiger partial charge on any atom is -0.337 e. The average molecular weight is 251 g/mol. The molecule has 6 heteroatoms. The van der Waals surface area contributed by atoms with Gasteiger partial charge in [-0.15, -0.1) is 0 Å². The number of carbonyl (C=O) groups is 1. The van der Waals surface area contributed by atoms with E-state index in [1.807, 2.05) is 6.92 Å². The minimum atomic E-state index is -0.250. The summed E-state index contributed by atoms with van der Waals surface area (Å²) < 4.78 is 0. The third kappa shape index (κ3) is 5.09. The number of urea groups is 1. The van der Waals surface area contributed by atoms with Crippen molar-refractivity contribution in [3.05, 3.63) is 18.1 Å². The first kappa shape index (κ1) is 14.4. The van der Waals surface area contributed by atoms with E-state index in [-0.39, 0.29) is 6.03 Å². The van der Waals surface area contributed by atoms with Gasteiger partial charge in [0.2, 0.25) is 0 Å². The van der Waals surface area contributed by atoms with E-state index in [0.717, 1.165) is 25.3 Å². The van der Waals surface area contributed by atoms with Gasteiger partial charge in [0.05, 0.1) is 18.1 Å². The number of aromatic nitrogens is 2. The van der Waals surface area contributed by atoms with Crippen LogP contribution in [0, 0.1) is 6.92 Å². The van der Waals surface area contributed by atoms with Crippen molar-refractivity contribution in [2.24, 2.45) is 0 Å². The van der Waals surface area contributed by atoms with E-state index in [0.29, 0.717) is 12.4 Å². The zero-order valence-electron chi connectivity index (χ0n) is 11.2. The van der Waals surface area contributed by atoms with Crippen LogP contribution in [0.1, 0.15) is 19.5 Å². The van der Waals surface area contributed by atoms with Crippen molar-refractivity contribution >= 4 is 11.8 Å². The molecule has 0 unspecified atom stereocenters. The van der Waals surface area contributed by atoms with Crippen LogP contribution in [0.5, 0.6) is 0 Å². The van der Waals surface area contributed by atoms with Gasteiger partial charge < -0.3 is 10.2 Å². The minimum absolute atomic E-state index is 0.250. The molecule has 18 heavy (non-hydrogen) atoms. The highest BCUT2D eigenvalue weighted by Crippen LogP contribution is 1.99. The third-order valence-electron chi connectivity index (χ3n) is 2.63. The molecule has 1 aromatic rings. The Morgan fingerprint density at radius 1 is 1.28 bits per heavy atom. The van der Waals surface area contributed by atoms with Gasteiger partial charge >= 0.3 is 6.03 Å². The average Bonchev–Trinajstić information content (AvgIpc) is 2.37. The molecule has 100 valence electrons. The monoisotopic (exact) mass is 251 g/mol. The first-order valence-corrected chi connectivity index (χ1v) is 6.21. The van der Waals surface area contributed by atoms with Crippen LogP contribution in [0.15, 0.2) is 12.4 Å². The summed E-state index contributed by atoms with van der Waals surface area (Å²) in [5.74, 6) is 0.459. The molecule has 0 spiro atoms. The maximum Gasteiger partial charge on any atom is 0.320 e. The van der Waals surface area contributed by atoms with Gasteiger partial charge in [-0.3, -0.25) is 10.3 Å². The Bertz CT molecular complexity index is 361. The van der Waals surface area contributed by atoms with Gasteiger partial charge in [-0.1, -0.05) is 13.8 Å². The van der Waals surface area contributed by atoms with Crippen molar-refractivity contribution in [2.75, 3.05) is 31.5 Å². The molecule has 1 heterocycles. The molecule has 0 aromatic carbocycles. The Morgan fingerprint density at radius 3 is 2.56 bits per heavy atom. The maximum atomic E-state index is 11.5. The number of aryl methyl sites for hydroxylation is 1. The zero-order valence-corrected chi connectivity index (χ0v) is 11.2. The van der Waals surface area contributed by atoms with Crippen molar-refractivity contribution in [1.29, 1.82) is 0 Å². The lowest BCUT2D eigenvalue weighted by molar-refractivity contribution is 0.247. The second kappa shape index (κ2) is 7.60. The number of carbonyl (C=O) groups excluding carboxylic acids is 1. The number of hydrogen-bond donors (Lipinski definition) is 2. The van der Waals surface area contributed by atoms with E-state index in [1.165, 1.54) is 0 Å². The molecule has 0 atom stereocenters. The quantitative estimate of drug-likeness (QED) is 0.798. The van der Waals surface area contributed by atoms with Gasteiger partial charge in [0.1, 0.15) is 0 Å². The molecule has 0 saturated carbocycles.